The second-order valence-corrected chi connectivity index (χ2v) is 8.03. The Balaban J connectivity index is 2.16. The molecule has 2 aromatic rings. The Morgan fingerprint density at radius 3 is 2.32 bits per heavy atom. The number of aromatic nitrogens is 1. The summed E-state index contributed by atoms with van der Waals surface area (Å²) in [5.41, 5.74) is 6.02. The van der Waals surface area contributed by atoms with Crippen LogP contribution in [0.3, 0.4) is 0 Å². The van der Waals surface area contributed by atoms with Gasteiger partial charge in [0.1, 0.15) is 9.83 Å². The zero-order valence-corrected chi connectivity index (χ0v) is 17.4. The number of thiazole rings is 1. The van der Waals surface area contributed by atoms with Gasteiger partial charge in [-0.15, -0.1) is 11.3 Å². The van der Waals surface area contributed by atoms with Crippen molar-refractivity contribution in [3.8, 4) is 17.0 Å². The van der Waals surface area contributed by atoms with E-state index in [1.807, 2.05) is 0 Å². The van der Waals surface area contributed by atoms with Crippen LogP contribution in [0.15, 0.2) is 17.5 Å². The molecule has 0 bridgehead atoms. The second kappa shape index (κ2) is 8.68. The van der Waals surface area contributed by atoms with E-state index >= 15 is 0 Å². The molecular formula is C15H10BrCl2F5N2O2S. The number of alkyl halides is 6. The van der Waals surface area contributed by atoms with Crippen molar-refractivity contribution >= 4 is 56.4 Å². The van der Waals surface area contributed by atoms with E-state index in [-0.39, 0.29) is 15.8 Å². The fourth-order valence-corrected chi connectivity index (χ4v) is 3.76. The van der Waals surface area contributed by atoms with Crippen molar-refractivity contribution in [2.45, 2.75) is 23.3 Å². The number of halogens is 8. The van der Waals surface area contributed by atoms with E-state index in [9.17, 15) is 26.7 Å². The number of amides is 1. The summed E-state index contributed by atoms with van der Waals surface area (Å²) >= 11 is 16.3. The third-order valence-electron chi connectivity index (χ3n) is 3.36. The minimum absolute atomic E-state index is 0.0994. The zero-order valence-electron chi connectivity index (χ0n) is 13.5. The summed E-state index contributed by atoms with van der Waals surface area (Å²) in [6.45, 7) is -0.948. The van der Waals surface area contributed by atoms with Crippen molar-refractivity contribution in [2.75, 3.05) is 6.61 Å². The highest BCUT2D eigenvalue weighted by Gasteiger charge is 2.56. The van der Waals surface area contributed by atoms with Crippen LogP contribution in [0.25, 0.3) is 11.3 Å². The average Bonchev–Trinajstić information content (AvgIpc) is 3.05. The maximum Gasteiger partial charge on any atom is 0.453 e. The lowest BCUT2D eigenvalue weighted by atomic mass is 10.1. The molecule has 13 heteroatoms. The summed E-state index contributed by atoms with van der Waals surface area (Å²) in [7, 11) is 0. The van der Waals surface area contributed by atoms with Gasteiger partial charge in [0.05, 0.1) is 28.8 Å². The molecule has 2 rings (SSSR count). The highest BCUT2D eigenvalue weighted by atomic mass is 79.9. The first-order chi connectivity index (χ1) is 12.8. The van der Waals surface area contributed by atoms with E-state index in [2.05, 4.69) is 20.9 Å². The van der Waals surface area contributed by atoms with Crippen LogP contribution in [-0.4, -0.2) is 29.6 Å². The summed E-state index contributed by atoms with van der Waals surface area (Å²) in [5, 5.41) is 1.80. The topological polar surface area (TPSA) is 65.2 Å². The fourth-order valence-electron chi connectivity index (χ4n) is 1.93. The van der Waals surface area contributed by atoms with Crippen LogP contribution >= 0.6 is 50.5 Å². The van der Waals surface area contributed by atoms with Gasteiger partial charge in [-0.25, -0.2) is 4.98 Å². The van der Waals surface area contributed by atoms with Gasteiger partial charge >= 0.3 is 12.1 Å². The predicted molar refractivity (Wildman–Crippen MR) is 99.5 cm³/mol. The summed E-state index contributed by atoms with van der Waals surface area (Å²) in [4.78, 5) is 14.6. The Kier molecular flexibility index (Phi) is 7.17. The summed E-state index contributed by atoms with van der Waals surface area (Å²) in [6, 6.07) is 2.72. The van der Waals surface area contributed by atoms with Crippen molar-refractivity contribution in [1.82, 2.24) is 4.98 Å². The predicted octanol–water partition coefficient (Wildman–Crippen LogP) is 6.00. The Bertz CT molecular complexity index is 855. The first kappa shape index (κ1) is 23.1. The maximum atomic E-state index is 12.9. The van der Waals surface area contributed by atoms with Crippen molar-refractivity contribution in [2.24, 2.45) is 5.73 Å². The third-order valence-corrected chi connectivity index (χ3v) is 6.02. The molecule has 0 spiro atoms. The molecule has 0 radical (unpaired) electrons. The Morgan fingerprint density at radius 1 is 1.25 bits per heavy atom. The van der Waals surface area contributed by atoms with E-state index < -0.39 is 35.9 Å². The van der Waals surface area contributed by atoms with E-state index in [0.29, 0.717) is 16.3 Å². The molecular weight excluding hydrogens is 518 g/mol. The smallest absolute Gasteiger partial charge is 0.453 e. The van der Waals surface area contributed by atoms with Crippen molar-refractivity contribution in [1.29, 1.82) is 0 Å². The van der Waals surface area contributed by atoms with Crippen LogP contribution in [0.1, 0.15) is 16.3 Å². The van der Waals surface area contributed by atoms with Crippen LogP contribution in [0.4, 0.5) is 22.0 Å². The number of carbonyl (C=O) groups excluding carboxylic acids is 1. The quantitative estimate of drug-likeness (QED) is 0.354. The molecule has 0 aliphatic heterocycles. The van der Waals surface area contributed by atoms with Crippen molar-refractivity contribution < 1.29 is 31.5 Å². The molecule has 154 valence electrons. The molecule has 1 amide bonds. The Morgan fingerprint density at radius 2 is 1.82 bits per heavy atom. The van der Waals surface area contributed by atoms with E-state index in [1.54, 1.807) is 5.38 Å². The van der Waals surface area contributed by atoms with Crippen LogP contribution < -0.4 is 10.5 Å². The molecule has 1 unspecified atom stereocenters. The lowest BCUT2D eigenvalue weighted by molar-refractivity contribution is -0.285. The lowest BCUT2D eigenvalue weighted by Crippen LogP contribution is -2.37. The Hall–Kier alpha value is -1.17. The molecule has 1 aromatic heterocycles. The first-order valence-electron chi connectivity index (χ1n) is 7.29. The number of nitrogens with zero attached hydrogens (tertiary/aromatic N) is 1. The number of nitrogens with two attached hydrogens (primary N) is 1. The molecule has 1 heterocycles. The SMILES string of the molecule is NC(=O)C(Br)c1nc(-c2cc(Cl)c(OCCC(F)(F)C(F)(F)F)c(Cl)c2)cs1. The molecule has 0 saturated carbocycles. The minimum atomic E-state index is -5.67. The van der Waals surface area contributed by atoms with Crippen molar-refractivity contribution in [3.63, 3.8) is 0 Å². The fraction of sp³-hybridized carbons (Fsp3) is 0.333. The van der Waals surface area contributed by atoms with E-state index in [1.165, 1.54) is 12.1 Å². The highest BCUT2D eigenvalue weighted by molar-refractivity contribution is 9.09. The van der Waals surface area contributed by atoms with Crippen LogP contribution in [0.5, 0.6) is 5.75 Å². The van der Waals surface area contributed by atoms with Gasteiger partial charge in [-0.3, -0.25) is 4.79 Å². The second-order valence-electron chi connectivity index (χ2n) is 5.41. The Labute approximate surface area is 177 Å². The van der Waals surface area contributed by atoms with Crippen LogP contribution in [0, 0.1) is 0 Å². The number of primary amides is 1. The normalized spacial score (nSPS) is 13.4. The minimum Gasteiger partial charge on any atom is -0.490 e. The molecule has 4 nitrogen and oxygen atoms in total. The third kappa shape index (κ3) is 5.25. The molecule has 1 atom stereocenters. The van der Waals surface area contributed by atoms with Gasteiger partial charge in [0, 0.05) is 10.9 Å². The van der Waals surface area contributed by atoms with E-state index in [0.717, 1.165) is 11.3 Å². The van der Waals surface area contributed by atoms with Crippen LogP contribution in [-0.2, 0) is 4.79 Å². The number of rotatable bonds is 7. The number of ether oxygens (including phenoxy) is 1. The molecule has 2 N–H and O–H groups in total. The average molecular weight is 528 g/mol. The van der Waals surface area contributed by atoms with Gasteiger partial charge < -0.3 is 10.5 Å². The lowest BCUT2D eigenvalue weighted by Gasteiger charge is -2.20. The van der Waals surface area contributed by atoms with Crippen LogP contribution in [0.2, 0.25) is 10.0 Å². The number of hydrogen-bond acceptors (Lipinski definition) is 4. The molecule has 1 aromatic carbocycles. The summed E-state index contributed by atoms with van der Waals surface area (Å²) in [6.07, 6.45) is -7.26. The van der Waals surface area contributed by atoms with Gasteiger partial charge in [0.2, 0.25) is 5.91 Å². The van der Waals surface area contributed by atoms with Gasteiger partial charge in [-0.2, -0.15) is 22.0 Å². The standard InChI is InChI=1S/C15H10BrCl2F5N2O2S/c16-10(12(24)26)13-25-9(5-28-13)6-3-7(17)11(8(18)4-6)27-2-1-14(19,20)15(21,22)23/h3-5,10H,1-2H2,(H2,24,26). The van der Waals surface area contributed by atoms with Gasteiger partial charge in [-0.05, 0) is 12.1 Å². The molecule has 28 heavy (non-hydrogen) atoms. The zero-order chi connectivity index (χ0) is 21.3. The van der Waals surface area contributed by atoms with Gasteiger partial charge in [-0.1, -0.05) is 39.1 Å². The number of carbonyl (C=O) groups is 1. The van der Waals surface area contributed by atoms with Gasteiger partial charge in [0.25, 0.3) is 0 Å². The maximum absolute atomic E-state index is 12.9. The molecule has 0 saturated heterocycles. The summed E-state index contributed by atoms with van der Waals surface area (Å²) < 4.78 is 67.3. The number of hydrogen-bond donors (Lipinski definition) is 1. The molecule has 0 aliphatic rings. The van der Waals surface area contributed by atoms with Gasteiger partial charge in [0.15, 0.2) is 5.75 Å². The number of benzene rings is 1. The highest BCUT2D eigenvalue weighted by Crippen LogP contribution is 2.41. The summed E-state index contributed by atoms with van der Waals surface area (Å²) in [5.74, 6) is -5.75. The first-order valence-corrected chi connectivity index (χ1v) is 9.84. The van der Waals surface area contributed by atoms with Crippen molar-refractivity contribution in [3.05, 3.63) is 32.6 Å². The van der Waals surface area contributed by atoms with E-state index in [4.69, 9.17) is 33.7 Å². The molecule has 0 fully saturated rings. The molecule has 0 aliphatic carbocycles. The monoisotopic (exact) mass is 526 g/mol. The largest absolute Gasteiger partial charge is 0.490 e.